The molecule has 1 heterocycles. The number of ether oxygens (including phenoxy) is 1. The van der Waals surface area contributed by atoms with E-state index in [4.69, 9.17) is 10.5 Å². The SMILES string of the molecule is CCC(N)C(=O)OC1CCN(C)CC1. The molecule has 82 valence electrons. The topological polar surface area (TPSA) is 55.6 Å². The summed E-state index contributed by atoms with van der Waals surface area (Å²) in [6.45, 7) is 3.89. The summed E-state index contributed by atoms with van der Waals surface area (Å²) in [7, 11) is 2.08. The molecule has 0 aromatic carbocycles. The van der Waals surface area contributed by atoms with Crippen molar-refractivity contribution in [1.29, 1.82) is 0 Å². The van der Waals surface area contributed by atoms with Crippen molar-refractivity contribution in [2.75, 3.05) is 20.1 Å². The van der Waals surface area contributed by atoms with Gasteiger partial charge in [-0.2, -0.15) is 0 Å². The molecular formula is C10H20N2O2. The molecule has 0 radical (unpaired) electrons. The predicted molar refractivity (Wildman–Crippen MR) is 54.9 cm³/mol. The van der Waals surface area contributed by atoms with Crippen LogP contribution in [0.4, 0.5) is 0 Å². The molecule has 0 aliphatic carbocycles. The number of esters is 1. The summed E-state index contributed by atoms with van der Waals surface area (Å²) in [6, 6.07) is -0.449. The predicted octanol–water partition coefficient (Wildman–Crippen LogP) is 0.361. The molecule has 14 heavy (non-hydrogen) atoms. The summed E-state index contributed by atoms with van der Waals surface area (Å²) in [6.07, 6.45) is 2.58. The number of carbonyl (C=O) groups is 1. The van der Waals surface area contributed by atoms with E-state index in [1.54, 1.807) is 0 Å². The smallest absolute Gasteiger partial charge is 0.323 e. The van der Waals surface area contributed by atoms with Crippen LogP contribution in [0.15, 0.2) is 0 Å². The molecule has 4 nitrogen and oxygen atoms in total. The molecule has 0 aromatic heterocycles. The summed E-state index contributed by atoms with van der Waals surface area (Å²) in [4.78, 5) is 13.6. The first-order valence-electron chi connectivity index (χ1n) is 5.28. The maximum Gasteiger partial charge on any atom is 0.323 e. The zero-order valence-corrected chi connectivity index (χ0v) is 9.03. The molecule has 1 unspecified atom stereocenters. The number of nitrogens with two attached hydrogens (primary N) is 1. The highest BCUT2D eigenvalue weighted by atomic mass is 16.5. The van der Waals surface area contributed by atoms with Gasteiger partial charge in [0.1, 0.15) is 12.1 Å². The molecule has 1 aliphatic rings. The van der Waals surface area contributed by atoms with Gasteiger partial charge >= 0.3 is 5.97 Å². The Morgan fingerprint density at radius 2 is 2.14 bits per heavy atom. The fourth-order valence-electron chi connectivity index (χ4n) is 1.52. The minimum absolute atomic E-state index is 0.0799. The quantitative estimate of drug-likeness (QED) is 0.668. The van der Waals surface area contributed by atoms with Crippen LogP contribution >= 0.6 is 0 Å². The number of hydrogen-bond acceptors (Lipinski definition) is 4. The second-order valence-corrected chi connectivity index (χ2v) is 3.95. The molecule has 1 saturated heterocycles. The van der Waals surface area contributed by atoms with Gasteiger partial charge in [0.25, 0.3) is 0 Å². The average molecular weight is 200 g/mol. The molecule has 0 saturated carbocycles. The molecule has 0 spiro atoms. The Hall–Kier alpha value is -0.610. The maximum absolute atomic E-state index is 11.4. The Morgan fingerprint density at radius 1 is 1.57 bits per heavy atom. The molecule has 1 aliphatic heterocycles. The fraction of sp³-hybridized carbons (Fsp3) is 0.900. The van der Waals surface area contributed by atoms with Gasteiger partial charge in [0.15, 0.2) is 0 Å². The monoisotopic (exact) mass is 200 g/mol. The van der Waals surface area contributed by atoms with E-state index in [0.717, 1.165) is 25.9 Å². The highest BCUT2D eigenvalue weighted by Gasteiger charge is 2.22. The van der Waals surface area contributed by atoms with Gasteiger partial charge in [0, 0.05) is 13.1 Å². The van der Waals surface area contributed by atoms with Crippen LogP contribution in [0.2, 0.25) is 0 Å². The van der Waals surface area contributed by atoms with Gasteiger partial charge in [-0.25, -0.2) is 0 Å². The van der Waals surface area contributed by atoms with Crippen molar-refractivity contribution in [2.24, 2.45) is 5.73 Å². The van der Waals surface area contributed by atoms with E-state index in [1.807, 2.05) is 6.92 Å². The third kappa shape index (κ3) is 3.27. The summed E-state index contributed by atoms with van der Waals surface area (Å²) in [5, 5.41) is 0. The summed E-state index contributed by atoms with van der Waals surface area (Å²) >= 11 is 0. The van der Waals surface area contributed by atoms with Crippen LogP contribution in [-0.2, 0) is 9.53 Å². The largest absolute Gasteiger partial charge is 0.461 e. The van der Waals surface area contributed by atoms with Crippen molar-refractivity contribution >= 4 is 5.97 Å². The zero-order chi connectivity index (χ0) is 10.6. The second-order valence-electron chi connectivity index (χ2n) is 3.95. The molecule has 0 amide bonds. The first-order chi connectivity index (χ1) is 6.63. The van der Waals surface area contributed by atoms with Crippen LogP contribution in [-0.4, -0.2) is 43.2 Å². The average Bonchev–Trinajstić information content (AvgIpc) is 2.20. The Balaban J connectivity index is 2.27. The number of nitrogens with zero attached hydrogens (tertiary/aromatic N) is 1. The van der Waals surface area contributed by atoms with Gasteiger partial charge in [-0.3, -0.25) is 4.79 Å². The molecule has 0 aromatic rings. The molecule has 0 bridgehead atoms. The molecule has 1 fully saturated rings. The Labute approximate surface area is 85.4 Å². The number of likely N-dealkylation sites (tertiary alicyclic amines) is 1. The first kappa shape index (κ1) is 11.5. The first-order valence-corrected chi connectivity index (χ1v) is 5.28. The Kier molecular flexibility index (Phi) is 4.35. The number of piperidine rings is 1. The Morgan fingerprint density at radius 3 is 2.64 bits per heavy atom. The molecular weight excluding hydrogens is 180 g/mol. The highest BCUT2D eigenvalue weighted by Crippen LogP contribution is 2.12. The number of rotatable bonds is 3. The summed E-state index contributed by atoms with van der Waals surface area (Å²) < 4.78 is 5.30. The van der Waals surface area contributed by atoms with Crippen molar-refractivity contribution < 1.29 is 9.53 Å². The van der Waals surface area contributed by atoms with Crippen molar-refractivity contribution in [3.63, 3.8) is 0 Å². The Bertz CT molecular complexity index is 189. The normalized spacial score (nSPS) is 21.9. The van der Waals surface area contributed by atoms with E-state index in [2.05, 4.69) is 11.9 Å². The van der Waals surface area contributed by atoms with E-state index < -0.39 is 6.04 Å². The molecule has 1 atom stereocenters. The third-order valence-electron chi connectivity index (χ3n) is 2.69. The lowest BCUT2D eigenvalue weighted by atomic mass is 10.1. The number of carbonyl (C=O) groups excluding carboxylic acids is 1. The maximum atomic E-state index is 11.4. The zero-order valence-electron chi connectivity index (χ0n) is 9.03. The van der Waals surface area contributed by atoms with Crippen LogP contribution in [0.25, 0.3) is 0 Å². The van der Waals surface area contributed by atoms with Gasteiger partial charge in [-0.1, -0.05) is 6.92 Å². The van der Waals surface area contributed by atoms with Gasteiger partial charge < -0.3 is 15.4 Å². The summed E-state index contributed by atoms with van der Waals surface area (Å²) in [5.41, 5.74) is 5.58. The highest BCUT2D eigenvalue weighted by molar-refractivity contribution is 5.75. The van der Waals surface area contributed by atoms with Crippen molar-refractivity contribution in [2.45, 2.75) is 38.3 Å². The standard InChI is InChI=1S/C10H20N2O2/c1-3-9(11)10(13)14-8-4-6-12(2)7-5-8/h8-9H,3-7,11H2,1-2H3. The van der Waals surface area contributed by atoms with E-state index in [-0.39, 0.29) is 12.1 Å². The second kappa shape index (κ2) is 5.32. The van der Waals surface area contributed by atoms with Crippen LogP contribution in [0.5, 0.6) is 0 Å². The minimum atomic E-state index is -0.449. The van der Waals surface area contributed by atoms with Gasteiger partial charge in [-0.05, 0) is 26.3 Å². The number of hydrogen-bond donors (Lipinski definition) is 1. The van der Waals surface area contributed by atoms with Crippen LogP contribution in [0.3, 0.4) is 0 Å². The van der Waals surface area contributed by atoms with E-state index in [9.17, 15) is 4.79 Å². The molecule has 2 N–H and O–H groups in total. The van der Waals surface area contributed by atoms with Crippen molar-refractivity contribution in [3.8, 4) is 0 Å². The lowest BCUT2D eigenvalue weighted by Crippen LogP contribution is -2.39. The lowest BCUT2D eigenvalue weighted by Gasteiger charge is -2.29. The fourth-order valence-corrected chi connectivity index (χ4v) is 1.52. The van der Waals surface area contributed by atoms with Crippen molar-refractivity contribution in [1.82, 2.24) is 4.90 Å². The van der Waals surface area contributed by atoms with Crippen LogP contribution in [0, 0.1) is 0 Å². The van der Waals surface area contributed by atoms with Crippen molar-refractivity contribution in [3.05, 3.63) is 0 Å². The molecule has 4 heteroatoms. The molecule has 1 rings (SSSR count). The minimum Gasteiger partial charge on any atom is -0.461 e. The third-order valence-corrected chi connectivity index (χ3v) is 2.69. The van der Waals surface area contributed by atoms with Gasteiger partial charge in [-0.15, -0.1) is 0 Å². The van der Waals surface area contributed by atoms with E-state index in [1.165, 1.54) is 0 Å². The van der Waals surface area contributed by atoms with E-state index in [0.29, 0.717) is 6.42 Å². The van der Waals surface area contributed by atoms with E-state index >= 15 is 0 Å². The lowest BCUT2D eigenvalue weighted by molar-refractivity contribution is -0.152. The van der Waals surface area contributed by atoms with Crippen LogP contribution < -0.4 is 5.73 Å². The van der Waals surface area contributed by atoms with Gasteiger partial charge in [0.05, 0.1) is 0 Å². The van der Waals surface area contributed by atoms with Crippen LogP contribution in [0.1, 0.15) is 26.2 Å². The van der Waals surface area contributed by atoms with Gasteiger partial charge in [0.2, 0.25) is 0 Å². The summed E-state index contributed by atoms with van der Waals surface area (Å²) in [5.74, 6) is -0.248.